The number of aromatic amines is 1. The van der Waals surface area contributed by atoms with Crippen LogP contribution >= 0.6 is 0 Å². The number of nitrogens with zero attached hydrogens (tertiary/aromatic N) is 1. The first kappa shape index (κ1) is 10.4. The fraction of sp³-hybridized carbons (Fsp3) is 0.636. The Bertz CT molecular complexity index is 397. The first-order valence-corrected chi connectivity index (χ1v) is 5.63. The van der Waals surface area contributed by atoms with Crippen LogP contribution in [0.1, 0.15) is 36.6 Å². The highest BCUT2D eigenvalue weighted by Crippen LogP contribution is 2.19. The number of fused-ring (bicyclic) bond motifs is 1. The summed E-state index contributed by atoms with van der Waals surface area (Å²) in [7, 11) is 0. The van der Waals surface area contributed by atoms with Crippen molar-refractivity contribution in [3.05, 3.63) is 27.2 Å². The Balaban J connectivity index is 2.36. The minimum atomic E-state index is -0.0309. The molecule has 4 nitrogen and oxygen atoms in total. The van der Waals surface area contributed by atoms with Crippen molar-refractivity contribution in [3.63, 3.8) is 0 Å². The lowest BCUT2D eigenvalue weighted by molar-refractivity contribution is 0.625. The minimum Gasteiger partial charge on any atom is -0.313 e. The molecule has 0 bridgehead atoms. The second-order valence-electron chi connectivity index (χ2n) is 3.94. The summed E-state index contributed by atoms with van der Waals surface area (Å²) in [4.78, 5) is 11.6. The van der Waals surface area contributed by atoms with Gasteiger partial charge in [-0.05, 0) is 37.8 Å². The van der Waals surface area contributed by atoms with E-state index in [9.17, 15) is 4.79 Å². The molecular weight excluding hydrogens is 190 g/mol. The maximum Gasteiger partial charge on any atom is 0.268 e. The number of nitrogens with one attached hydrogen (secondary N) is 2. The van der Waals surface area contributed by atoms with Gasteiger partial charge in [0.2, 0.25) is 0 Å². The van der Waals surface area contributed by atoms with Crippen molar-refractivity contribution in [1.82, 2.24) is 15.5 Å². The molecule has 0 aromatic carbocycles. The fourth-order valence-electron chi connectivity index (χ4n) is 2.10. The monoisotopic (exact) mass is 207 g/mol. The van der Waals surface area contributed by atoms with E-state index in [1.807, 2.05) is 6.92 Å². The van der Waals surface area contributed by atoms with Crippen LogP contribution in [0, 0.1) is 0 Å². The summed E-state index contributed by atoms with van der Waals surface area (Å²) in [6.45, 7) is 3.59. The molecule has 82 valence electrons. The molecular formula is C11H17N3O. The number of aromatic nitrogens is 2. The van der Waals surface area contributed by atoms with Crippen LogP contribution in [0.25, 0.3) is 0 Å². The summed E-state index contributed by atoms with van der Waals surface area (Å²) in [6.07, 6.45) is 4.38. The first-order chi connectivity index (χ1) is 7.33. The van der Waals surface area contributed by atoms with E-state index >= 15 is 0 Å². The Hall–Kier alpha value is -1.16. The Morgan fingerprint density at radius 3 is 3.00 bits per heavy atom. The van der Waals surface area contributed by atoms with Gasteiger partial charge in [0.05, 0.1) is 5.69 Å². The van der Waals surface area contributed by atoms with Gasteiger partial charge in [0.25, 0.3) is 5.56 Å². The van der Waals surface area contributed by atoms with E-state index in [-0.39, 0.29) is 5.56 Å². The van der Waals surface area contributed by atoms with Gasteiger partial charge in [0.15, 0.2) is 0 Å². The summed E-state index contributed by atoms with van der Waals surface area (Å²) < 4.78 is 0. The van der Waals surface area contributed by atoms with Crippen LogP contribution in [-0.2, 0) is 19.4 Å². The molecule has 0 unspecified atom stereocenters. The predicted octanol–water partition coefficient (Wildman–Crippen LogP) is 0.758. The zero-order valence-corrected chi connectivity index (χ0v) is 9.10. The van der Waals surface area contributed by atoms with Crippen LogP contribution in [0.4, 0.5) is 0 Å². The number of aryl methyl sites for hydroxylation is 1. The maximum atomic E-state index is 11.6. The molecule has 0 saturated carbocycles. The highest BCUT2D eigenvalue weighted by molar-refractivity contribution is 5.29. The van der Waals surface area contributed by atoms with Crippen LogP contribution < -0.4 is 10.9 Å². The summed E-state index contributed by atoms with van der Waals surface area (Å²) in [5.41, 5.74) is 3.14. The quantitative estimate of drug-likeness (QED) is 0.769. The number of rotatable bonds is 3. The van der Waals surface area contributed by atoms with Crippen LogP contribution in [0.3, 0.4) is 0 Å². The minimum absolute atomic E-state index is 0.0309. The molecule has 1 aliphatic carbocycles. The van der Waals surface area contributed by atoms with Crippen molar-refractivity contribution < 1.29 is 0 Å². The molecule has 0 radical (unpaired) electrons. The van der Waals surface area contributed by atoms with Gasteiger partial charge in [-0.1, -0.05) is 6.92 Å². The third-order valence-electron chi connectivity index (χ3n) is 2.92. The van der Waals surface area contributed by atoms with Gasteiger partial charge in [0, 0.05) is 12.1 Å². The highest BCUT2D eigenvalue weighted by Gasteiger charge is 2.16. The third-order valence-corrected chi connectivity index (χ3v) is 2.92. The van der Waals surface area contributed by atoms with E-state index in [1.54, 1.807) is 0 Å². The maximum absolute atomic E-state index is 11.6. The van der Waals surface area contributed by atoms with Gasteiger partial charge in [0.1, 0.15) is 0 Å². The molecule has 0 spiro atoms. The standard InChI is InChI=1S/C11H17N3O/c1-2-12-7-9-8-5-3-4-6-10(8)13-14-11(9)15/h12H,2-7H2,1H3,(H,14,15). The van der Waals surface area contributed by atoms with Crippen molar-refractivity contribution in [2.75, 3.05) is 6.54 Å². The van der Waals surface area contributed by atoms with Crippen LogP contribution in [-0.4, -0.2) is 16.7 Å². The van der Waals surface area contributed by atoms with E-state index < -0.39 is 0 Å². The topological polar surface area (TPSA) is 57.8 Å². The van der Waals surface area contributed by atoms with Crippen molar-refractivity contribution in [2.45, 2.75) is 39.2 Å². The molecule has 4 heteroatoms. The lowest BCUT2D eigenvalue weighted by Crippen LogP contribution is -2.26. The van der Waals surface area contributed by atoms with Crippen LogP contribution in [0.2, 0.25) is 0 Å². The third kappa shape index (κ3) is 2.09. The van der Waals surface area contributed by atoms with Gasteiger partial charge in [-0.3, -0.25) is 4.79 Å². The summed E-state index contributed by atoms with van der Waals surface area (Å²) in [5.74, 6) is 0. The molecule has 2 rings (SSSR count). The van der Waals surface area contributed by atoms with Gasteiger partial charge in [-0.2, -0.15) is 5.10 Å². The lowest BCUT2D eigenvalue weighted by atomic mass is 9.93. The predicted molar refractivity (Wildman–Crippen MR) is 58.9 cm³/mol. The largest absolute Gasteiger partial charge is 0.313 e. The van der Waals surface area contributed by atoms with Crippen LogP contribution in [0.15, 0.2) is 4.79 Å². The van der Waals surface area contributed by atoms with Gasteiger partial charge < -0.3 is 5.32 Å². The molecule has 1 heterocycles. The fourth-order valence-corrected chi connectivity index (χ4v) is 2.10. The molecule has 0 saturated heterocycles. The molecule has 0 atom stereocenters. The molecule has 1 aliphatic rings. The van der Waals surface area contributed by atoms with Crippen molar-refractivity contribution in [2.24, 2.45) is 0 Å². The second-order valence-corrected chi connectivity index (χ2v) is 3.94. The van der Waals surface area contributed by atoms with Gasteiger partial charge in [-0.15, -0.1) is 0 Å². The first-order valence-electron chi connectivity index (χ1n) is 5.63. The smallest absolute Gasteiger partial charge is 0.268 e. The molecule has 1 aromatic rings. The Morgan fingerprint density at radius 1 is 1.40 bits per heavy atom. The van der Waals surface area contributed by atoms with Crippen molar-refractivity contribution in [3.8, 4) is 0 Å². The Morgan fingerprint density at radius 2 is 2.20 bits per heavy atom. The Labute approximate surface area is 89.1 Å². The number of hydrogen-bond donors (Lipinski definition) is 2. The molecule has 0 fully saturated rings. The van der Waals surface area contributed by atoms with E-state index in [2.05, 4.69) is 15.5 Å². The molecule has 2 N–H and O–H groups in total. The van der Waals surface area contributed by atoms with Gasteiger partial charge in [-0.25, -0.2) is 5.10 Å². The lowest BCUT2D eigenvalue weighted by Gasteiger charge is -2.17. The van der Waals surface area contributed by atoms with Crippen molar-refractivity contribution in [1.29, 1.82) is 0 Å². The zero-order chi connectivity index (χ0) is 10.7. The van der Waals surface area contributed by atoms with Crippen molar-refractivity contribution >= 4 is 0 Å². The van der Waals surface area contributed by atoms with E-state index in [0.717, 1.165) is 30.6 Å². The number of hydrogen-bond acceptors (Lipinski definition) is 3. The van der Waals surface area contributed by atoms with E-state index in [1.165, 1.54) is 18.4 Å². The summed E-state index contributed by atoms with van der Waals surface area (Å²) >= 11 is 0. The zero-order valence-electron chi connectivity index (χ0n) is 9.10. The molecule has 1 aromatic heterocycles. The normalized spacial score (nSPS) is 15.0. The second kappa shape index (κ2) is 4.57. The molecule has 15 heavy (non-hydrogen) atoms. The summed E-state index contributed by atoms with van der Waals surface area (Å²) in [5, 5.41) is 9.92. The summed E-state index contributed by atoms with van der Waals surface area (Å²) in [6, 6.07) is 0. The SMILES string of the molecule is CCNCc1c2c(n[nH]c1=O)CCCC2. The average molecular weight is 207 g/mol. The van der Waals surface area contributed by atoms with Gasteiger partial charge >= 0.3 is 0 Å². The van der Waals surface area contributed by atoms with E-state index in [0.29, 0.717) is 6.54 Å². The Kier molecular flexibility index (Phi) is 3.16. The molecule has 0 amide bonds. The molecule has 0 aliphatic heterocycles. The van der Waals surface area contributed by atoms with E-state index in [4.69, 9.17) is 0 Å². The highest BCUT2D eigenvalue weighted by atomic mass is 16.1. The number of H-pyrrole nitrogens is 1. The average Bonchev–Trinajstić information content (AvgIpc) is 2.28. The van der Waals surface area contributed by atoms with Crippen LogP contribution in [0.5, 0.6) is 0 Å².